The van der Waals surface area contributed by atoms with Crippen LogP contribution in [0.3, 0.4) is 0 Å². The number of methoxy groups -OCH3 is 1. The summed E-state index contributed by atoms with van der Waals surface area (Å²) < 4.78 is 20.1. The van der Waals surface area contributed by atoms with Gasteiger partial charge in [-0.3, -0.25) is 0 Å². The maximum atomic E-state index is 13.9. The van der Waals surface area contributed by atoms with Crippen molar-refractivity contribution in [3.8, 4) is 5.75 Å². The lowest BCUT2D eigenvalue weighted by Gasteiger charge is -2.18. The maximum absolute atomic E-state index is 13.9. The van der Waals surface area contributed by atoms with E-state index in [9.17, 15) is 4.39 Å². The molecule has 108 valence electrons. The van der Waals surface area contributed by atoms with Gasteiger partial charge in [0.1, 0.15) is 0 Å². The number of halogens is 2. The summed E-state index contributed by atoms with van der Waals surface area (Å²) in [4.78, 5) is 0. The van der Waals surface area contributed by atoms with Crippen LogP contribution < -0.4 is 10.1 Å². The zero-order chi connectivity index (χ0) is 14.5. The number of hydrogen-bond donors (Lipinski definition) is 1. The minimum absolute atomic E-state index is 0.0233. The lowest BCUT2D eigenvalue weighted by molar-refractivity contribution is 0.385. The third-order valence-electron chi connectivity index (χ3n) is 3.03. The molecule has 1 heterocycles. The van der Waals surface area contributed by atoms with Gasteiger partial charge in [-0.25, -0.2) is 4.39 Å². The van der Waals surface area contributed by atoms with Crippen LogP contribution in [0.25, 0.3) is 0 Å². The molecule has 5 heteroatoms. The molecule has 0 radical (unpaired) electrons. The van der Waals surface area contributed by atoms with E-state index in [-0.39, 0.29) is 17.6 Å². The summed E-state index contributed by atoms with van der Waals surface area (Å²) in [6.07, 6.45) is 1.04. The maximum Gasteiger partial charge on any atom is 0.165 e. The first-order valence-corrected chi connectivity index (χ1v) is 8.42. The molecule has 20 heavy (non-hydrogen) atoms. The Balaban J connectivity index is 2.33. The van der Waals surface area contributed by atoms with Crippen LogP contribution >= 0.6 is 33.9 Å². The summed E-state index contributed by atoms with van der Waals surface area (Å²) in [5.74, 6) is -0.0406. The molecular formula is C15H17FINOS. The number of thiophene rings is 1. The monoisotopic (exact) mass is 405 g/mol. The van der Waals surface area contributed by atoms with Gasteiger partial charge in [-0.15, -0.1) is 11.3 Å². The zero-order valence-electron chi connectivity index (χ0n) is 11.5. The SMILES string of the molecule is CCCNC(c1csc(I)c1)c1ccc(OC)c(F)c1. The summed E-state index contributed by atoms with van der Waals surface area (Å²) in [6.45, 7) is 3.01. The van der Waals surface area contributed by atoms with E-state index in [1.807, 2.05) is 6.07 Å². The Bertz CT molecular complexity index is 573. The van der Waals surface area contributed by atoms with Gasteiger partial charge in [-0.05, 0) is 70.3 Å². The van der Waals surface area contributed by atoms with Crippen molar-refractivity contribution in [2.24, 2.45) is 0 Å². The second-order valence-corrected chi connectivity index (χ2v) is 7.27. The van der Waals surface area contributed by atoms with Crippen LogP contribution in [0.1, 0.15) is 30.5 Å². The predicted molar refractivity (Wildman–Crippen MR) is 90.1 cm³/mol. The number of benzene rings is 1. The third-order valence-corrected chi connectivity index (χ3v) is 4.84. The molecule has 0 saturated heterocycles. The van der Waals surface area contributed by atoms with E-state index in [4.69, 9.17) is 4.74 Å². The first kappa shape index (κ1) is 15.7. The van der Waals surface area contributed by atoms with Crippen molar-refractivity contribution < 1.29 is 9.13 Å². The minimum Gasteiger partial charge on any atom is -0.494 e. The summed E-state index contributed by atoms with van der Waals surface area (Å²) in [6, 6.07) is 7.31. The molecule has 0 aliphatic rings. The molecule has 1 aromatic carbocycles. The second kappa shape index (κ2) is 7.38. The normalized spacial score (nSPS) is 12.4. The van der Waals surface area contributed by atoms with E-state index in [1.54, 1.807) is 23.5 Å². The van der Waals surface area contributed by atoms with Crippen molar-refractivity contribution in [1.29, 1.82) is 0 Å². The van der Waals surface area contributed by atoms with Crippen LogP contribution in [0.15, 0.2) is 29.6 Å². The molecular weight excluding hydrogens is 388 g/mol. The highest BCUT2D eigenvalue weighted by molar-refractivity contribution is 14.1. The van der Waals surface area contributed by atoms with Gasteiger partial charge in [-0.2, -0.15) is 0 Å². The molecule has 1 aromatic heterocycles. The smallest absolute Gasteiger partial charge is 0.165 e. The number of nitrogens with one attached hydrogen (secondary N) is 1. The molecule has 2 rings (SSSR count). The topological polar surface area (TPSA) is 21.3 Å². The second-order valence-electron chi connectivity index (χ2n) is 4.47. The van der Waals surface area contributed by atoms with Crippen LogP contribution in [-0.4, -0.2) is 13.7 Å². The fourth-order valence-electron chi connectivity index (χ4n) is 2.05. The Morgan fingerprint density at radius 3 is 2.70 bits per heavy atom. The summed E-state index contributed by atoms with van der Waals surface area (Å²) in [7, 11) is 1.48. The van der Waals surface area contributed by atoms with Crippen molar-refractivity contribution in [1.82, 2.24) is 5.32 Å². The quantitative estimate of drug-likeness (QED) is 0.710. The Morgan fingerprint density at radius 2 is 2.15 bits per heavy atom. The van der Waals surface area contributed by atoms with E-state index in [0.29, 0.717) is 0 Å². The molecule has 0 saturated carbocycles. The summed E-state index contributed by atoms with van der Waals surface area (Å²) in [5, 5.41) is 5.60. The zero-order valence-corrected chi connectivity index (χ0v) is 14.4. The molecule has 1 N–H and O–H groups in total. The van der Waals surface area contributed by atoms with Gasteiger partial charge in [0.25, 0.3) is 0 Å². The van der Waals surface area contributed by atoms with Gasteiger partial charge in [0.2, 0.25) is 0 Å². The Labute approximate surface area is 136 Å². The van der Waals surface area contributed by atoms with Crippen molar-refractivity contribution in [2.75, 3.05) is 13.7 Å². The summed E-state index contributed by atoms with van der Waals surface area (Å²) in [5.41, 5.74) is 2.10. The van der Waals surface area contributed by atoms with Crippen molar-refractivity contribution in [2.45, 2.75) is 19.4 Å². The molecule has 0 fully saturated rings. The van der Waals surface area contributed by atoms with E-state index < -0.39 is 0 Å². The fourth-order valence-corrected chi connectivity index (χ4v) is 3.45. The molecule has 0 spiro atoms. The molecule has 2 nitrogen and oxygen atoms in total. The highest BCUT2D eigenvalue weighted by atomic mass is 127. The van der Waals surface area contributed by atoms with Crippen LogP contribution in [0, 0.1) is 8.70 Å². The first-order valence-electron chi connectivity index (χ1n) is 6.46. The van der Waals surface area contributed by atoms with Crippen molar-refractivity contribution in [3.63, 3.8) is 0 Å². The molecule has 2 aromatic rings. The Kier molecular flexibility index (Phi) is 5.80. The van der Waals surface area contributed by atoms with Gasteiger partial charge >= 0.3 is 0 Å². The van der Waals surface area contributed by atoms with Gasteiger partial charge in [0, 0.05) is 0 Å². The third kappa shape index (κ3) is 3.71. The molecule has 0 aliphatic heterocycles. The van der Waals surface area contributed by atoms with Crippen molar-refractivity contribution >= 4 is 33.9 Å². The standard InChI is InChI=1S/C15H17FINOS/c1-3-6-18-15(11-8-14(17)20-9-11)10-4-5-13(19-2)12(16)7-10/h4-5,7-9,15,18H,3,6H2,1-2H3. The van der Waals surface area contributed by atoms with E-state index in [0.717, 1.165) is 18.5 Å². The molecule has 0 bridgehead atoms. The first-order chi connectivity index (χ1) is 9.65. The molecule has 0 aliphatic carbocycles. The predicted octanol–water partition coefficient (Wildman–Crippen LogP) is 4.59. The highest BCUT2D eigenvalue weighted by Gasteiger charge is 2.16. The van der Waals surface area contributed by atoms with Crippen LogP contribution in [0.4, 0.5) is 4.39 Å². The van der Waals surface area contributed by atoms with E-state index in [2.05, 4.69) is 46.3 Å². The minimum atomic E-state index is -0.321. The summed E-state index contributed by atoms with van der Waals surface area (Å²) >= 11 is 4.01. The van der Waals surface area contributed by atoms with Crippen molar-refractivity contribution in [3.05, 3.63) is 49.5 Å². The molecule has 1 unspecified atom stereocenters. The van der Waals surface area contributed by atoms with Gasteiger partial charge in [-0.1, -0.05) is 13.0 Å². The van der Waals surface area contributed by atoms with Crippen LogP contribution in [-0.2, 0) is 0 Å². The lowest BCUT2D eigenvalue weighted by Crippen LogP contribution is -2.22. The Morgan fingerprint density at radius 1 is 1.35 bits per heavy atom. The van der Waals surface area contributed by atoms with E-state index in [1.165, 1.54) is 15.6 Å². The van der Waals surface area contributed by atoms with Crippen LogP contribution in [0.2, 0.25) is 0 Å². The number of hydrogen-bond acceptors (Lipinski definition) is 3. The number of rotatable bonds is 6. The van der Waals surface area contributed by atoms with Gasteiger partial charge in [0.15, 0.2) is 11.6 Å². The average molecular weight is 405 g/mol. The largest absolute Gasteiger partial charge is 0.494 e. The van der Waals surface area contributed by atoms with Gasteiger partial charge in [0.05, 0.1) is 16.0 Å². The van der Waals surface area contributed by atoms with Crippen LogP contribution in [0.5, 0.6) is 5.75 Å². The fraction of sp³-hybridized carbons (Fsp3) is 0.333. The molecule has 1 atom stereocenters. The van der Waals surface area contributed by atoms with Gasteiger partial charge < -0.3 is 10.1 Å². The number of ether oxygens (including phenoxy) is 1. The van der Waals surface area contributed by atoms with E-state index >= 15 is 0 Å². The Hall–Kier alpha value is -0.660. The average Bonchev–Trinajstić information content (AvgIpc) is 2.86. The lowest BCUT2D eigenvalue weighted by atomic mass is 10.0. The molecule has 0 amide bonds. The highest BCUT2D eigenvalue weighted by Crippen LogP contribution is 2.29.